The second-order valence-electron chi connectivity index (χ2n) is 8.74. The Labute approximate surface area is 200 Å². The van der Waals surface area contributed by atoms with Crippen LogP contribution in [-0.2, 0) is 19.1 Å². The van der Waals surface area contributed by atoms with Crippen LogP contribution in [0.4, 0.5) is 10.5 Å². The zero-order valence-electron chi connectivity index (χ0n) is 20.5. The van der Waals surface area contributed by atoms with Crippen LogP contribution in [-0.4, -0.2) is 67.6 Å². The molecule has 34 heavy (non-hydrogen) atoms. The van der Waals surface area contributed by atoms with Gasteiger partial charge in [0.15, 0.2) is 0 Å². The summed E-state index contributed by atoms with van der Waals surface area (Å²) in [4.78, 5) is 51.9. The van der Waals surface area contributed by atoms with Crippen molar-refractivity contribution in [3.8, 4) is 5.75 Å². The number of hydrogen-bond donors (Lipinski definition) is 3. The molecule has 4 amide bonds. The normalized spacial score (nSPS) is 18.0. The molecule has 186 valence electrons. The lowest BCUT2D eigenvalue weighted by Crippen LogP contribution is -2.52. The van der Waals surface area contributed by atoms with Crippen LogP contribution < -0.4 is 20.7 Å². The predicted molar refractivity (Wildman–Crippen MR) is 127 cm³/mol. The molecule has 10 nitrogen and oxygen atoms in total. The van der Waals surface area contributed by atoms with Gasteiger partial charge in [0.2, 0.25) is 11.8 Å². The number of rotatable bonds is 8. The Morgan fingerprint density at radius 3 is 2.26 bits per heavy atom. The van der Waals surface area contributed by atoms with E-state index in [2.05, 4.69) is 16.0 Å². The second-order valence-corrected chi connectivity index (χ2v) is 8.74. The Morgan fingerprint density at radius 2 is 1.74 bits per heavy atom. The maximum atomic E-state index is 13.1. The van der Waals surface area contributed by atoms with Crippen molar-refractivity contribution in [2.24, 2.45) is 5.92 Å². The van der Waals surface area contributed by atoms with E-state index < -0.39 is 36.0 Å². The van der Waals surface area contributed by atoms with Gasteiger partial charge in [-0.3, -0.25) is 9.59 Å². The number of ether oxygens (including phenoxy) is 2. The summed E-state index contributed by atoms with van der Waals surface area (Å²) in [5.41, 5.74) is 1.35. The Bertz CT molecular complexity index is 924. The number of anilines is 1. The lowest BCUT2D eigenvalue weighted by atomic mass is 10.0. The highest BCUT2D eigenvalue weighted by molar-refractivity contribution is 5.95. The molecule has 3 atom stereocenters. The summed E-state index contributed by atoms with van der Waals surface area (Å²) >= 11 is 0. The number of likely N-dealkylation sites (tertiary alicyclic amines) is 1. The van der Waals surface area contributed by atoms with E-state index in [1.54, 1.807) is 59.1 Å². The molecule has 0 spiro atoms. The smallest absolute Gasteiger partial charge is 0.328 e. The number of amides is 4. The van der Waals surface area contributed by atoms with Gasteiger partial charge < -0.3 is 30.3 Å². The first kappa shape index (κ1) is 26.7. The van der Waals surface area contributed by atoms with Crippen LogP contribution in [0.1, 0.15) is 34.1 Å². The predicted octanol–water partition coefficient (Wildman–Crippen LogP) is 2.07. The summed E-state index contributed by atoms with van der Waals surface area (Å²) in [6, 6.07) is 4.23. The molecule has 0 bridgehead atoms. The number of esters is 1. The SMILES string of the molecule is COC(=O)[C@H](NC(=O)[C@H]1C[C@H](NC(=O)Nc2ccc(OC)cc2)CN1C(=O)C=C(C)C)C(C)C. The van der Waals surface area contributed by atoms with Crippen molar-refractivity contribution in [2.75, 3.05) is 26.1 Å². The Balaban J connectivity index is 2.13. The minimum Gasteiger partial charge on any atom is -0.497 e. The van der Waals surface area contributed by atoms with Crippen molar-refractivity contribution in [3.63, 3.8) is 0 Å². The molecule has 1 saturated heterocycles. The van der Waals surface area contributed by atoms with Crippen molar-refractivity contribution in [2.45, 2.75) is 52.2 Å². The summed E-state index contributed by atoms with van der Waals surface area (Å²) in [5, 5.41) is 8.25. The first-order valence-corrected chi connectivity index (χ1v) is 11.1. The fourth-order valence-electron chi connectivity index (χ4n) is 3.66. The standard InChI is InChI=1S/C24H34N4O6/c1-14(2)11-20(29)28-13-17(26-24(32)25-16-7-9-18(33-5)10-8-16)12-19(28)22(30)27-21(15(3)4)23(31)34-6/h7-11,15,17,19,21H,12-13H2,1-6H3,(H,27,30)(H2,25,26,32)/t17-,19+,21+/m0/s1. The molecule has 10 heteroatoms. The molecule has 0 aliphatic carbocycles. The summed E-state index contributed by atoms with van der Waals surface area (Å²) in [6.07, 6.45) is 1.65. The Kier molecular flexibility index (Phi) is 9.47. The van der Waals surface area contributed by atoms with Crippen LogP contribution in [0.3, 0.4) is 0 Å². The van der Waals surface area contributed by atoms with Crippen LogP contribution in [0, 0.1) is 5.92 Å². The second kappa shape index (κ2) is 12.1. The van der Waals surface area contributed by atoms with E-state index in [1.807, 2.05) is 0 Å². The number of methoxy groups -OCH3 is 2. The first-order chi connectivity index (χ1) is 16.0. The maximum absolute atomic E-state index is 13.1. The molecule has 1 aliphatic rings. The quantitative estimate of drug-likeness (QED) is 0.391. The summed E-state index contributed by atoms with van der Waals surface area (Å²) < 4.78 is 9.90. The molecule has 3 N–H and O–H groups in total. The van der Waals surface area contributed by atoms with E-state index in [-0.39, 0.29) is 24.8 Å². The molecule has 1 aromatic carbocycles. The molecule has 1 heterocycles. The molecule has 0 unspecified atom stereocenters. The molecule has 2 rings (SSSR count). The molecule has 0 aromatic heterocycles. The molecule has 1 aromatic rings. The topological polar surface area (TPSA) is 126 Å². The third-order valence-electron chi connectivity index (χ3n) is 5.40. The van der Waals surface area contributed by atoms with Crippen LogP contribution in [0.2, 0.25) is 0 Å². The minimum absolute atomic E-state index is 0.154. The van der Waals surface area contributed by atoms with Gasteiger partial charge in [0.05, 0.1) is 20.3 Å². The highest BCUT2D eigenvalue weighted by Gasteiger charge is 2.41. The fourth-order valence-corrected chi connectivity index (χ4v) is 3.66. The van der Waals surface area contributed by atoms with Gasteiger partial charge in [0.1, 0.15) is 17.8 Å². The molecule has 0 saturated carbocycles. The van der Waals surface area contributed by atoms with Gasteiger partial charge in [-0.1, -0.05) is 19.4 Å². The molecule has 1 aliphatic heterocycles. The van der Waals surface area contributed by atoms with E-state index in [0.717, 1.165) is 5.57 Å². The van der Waals surface area contributed by atoms with Gasteiger partial charge in [-0.2, -0.15) is 0 Å². The number of urea groups is 1. The van der Waals surface area contributed by atoms with Gasteiger partial charge in [-0.05, 0) is 50.5 Å². The number of carbonyl (C=O) groups excluding carboxylic acids is 4. The van der Waals surface area contributed by atoms with Gasteiger partial charge in [-0.15, -0.1) is 0 Å². The van der Waals surface area contributed by atoms with Crippen LogP contribution in [0.15, 0.2) is 35.9 Å². The van der Waals surface area contributed by atoms with Crippen LogP contribution in [0.5, 0.6) is 5.75 Å². The number of benzene rings is 1. The monoisotopic (exact) mass is 474 g/mol. The van der Waals surface area contributed by atoms with Crippen molar-refractivity contribution in [1.82, 2.24) is 15.5 Å². The lowest BCUT2D eigenvalue weighted by molar-refractivity contribution is -0.147. The van der Waals surface area contributed by atoms with E-state index in [1.165, 1.54) is 18.1 Å². The lowest BCUT2D eigenvalue weighted by Gasteiger charge is -2.26. The van der Waals surface area contributed by atoms with E-state index in [0.29, 0.717) is 11.4 Å². The van der Waals surface area contributed by atoms with Crippen molar-refractivity contribution >= 4 is 29.5 Å². The number of allylic oxidation sites excluding steroid dienone is 1. The zero-order valence-corrected chi connectivity index (χ0v) is 20.5. The number of nitrogens with one attached hydrogen (secondary N) is 3. The minimum atomic E-state index is -0.847. The molecule has 1 fully saturated rings. The van der Waals surface area contributed by atoms with Crippen molar-refractivity contribution in [3.05, 3.63) is 35.9 Å². The summed E-state index contributed by atoms with van der Waals surface area (Å²) in [5.74, 6) is -0.907. The number of hydrogen-bond acceptors (Lipinski definition) is 6. The van der Waals surface area contributed by atoms with Gasteiger partial charge in [-0.25, -0.2) is 9.59 Å². The van der Waals surface area contributed by atoms with Crippen molar-refractivity contribution < 1.29 is 28.7 Å². The van der Waals surface area contributed by atoms with E-state index in [9.17, 15) is 19.2 Å². The number of nitrogens with zero attached hydrogens (tertiary/aromatic N) is 1. The first-order valence-electron chi connectivity index (χ1n) is 11.1. The number of carbonyl (C=O) groups is 4. The largest absolute Gasteiger partial charge is 0.497 e. The molecular weight excluding hydrogens is 440 g/mol. The summed E-state index contributed by atoms with van der Waals surface area (Å²) in [6.45, 7) is 7.30. The highest BCUT2D eigenvalue weighted by Crippen LogP contribution is 2.21. The average molecular weight is 475 g/mol. The third-order valence-corrected chi connectivity index (χ3v) is 5.40. The highest BCUT2D eigenvalue weighted by atomic mass is 16.5. The average Bonchev–Trinajstić information content (AvgIpc) is 3.20. The van der Waals surface area contributed by atoms with Crippen LogP contribution >= 0.6 is 0 Å². The fraction of sp³-hybridized carbons (Fsp3) is 0.500. The Hall–Kier alpha value is -3.56. The van der Waals surface area contributed by atoms with E-state index >= 15 is 0 Å². The maximum Gasteiger partial charge on any atom is 0.328 e. The molecule has 0 radical (unpaired) electrons. The van der Waals surface area contributed by atoms with Crippen LogP contribution in [0.25, 0.3) is 0 Å². The third kappa shape index (κ3) is 7.23. The summed E-state index contributed by atoms with van der Waals surface area (Å²) in [7, 11) is 2.81. The zero-order chi connectivity index (χ0) is 25.4. The Morgan fingerprint density at radius 1 is 1.09 bits per heavy atom. The molecular formula is C24H34N4O6. The van der Waals surface area contributed by atoms with Gasteiger partial charge >= 0.3 is 12.0 Å². The van der Waals surface area contributed by atoms with Gasteiger partial charge in [0.25, 0.3) is 0 Å². The van der Waals surface area contributed by atoms with Gasteiger partial charge in [0, 0.05) is 18.3 Å². The van der Waals surface area contributed by atoms with E-state index in [4.69, 9.17) is 9.47 Å². The van der Waals surface area contributed by atoms with Crippen molar-refractivity contribution in [1.29, 1.82) is 0 Å².